The zero-order valence-electron chi connectivity index (χ0n) is 16.3. The normalized spacial score (nSPS) is 21.9. The molecule has 1 N–H and O–H groups in total. The van der Waals surface area contributed by atoms with E-state index in [1.165, 1.54) is 11.0 Å². The Kier molecular flexibility index (Phi) is 5.78. The topological polar surface area (TPSA) is 93.9 Å². The van der Waals surface area contributed by atoms with Gasteiger partial charge < -0.3 is 24.2 Å². The van der Waals surface area contributed by atoms with Gasteiger partial charge in [-0.25, -0.2) is 8.78 Å². The van der Waals surface area contributed by atoms with Gasteiger partial charge in [-0.15, -0.1) is 0 Å². The second-order valence-electron chi connectivity index (χ2n) is 7.45. The fourth-order valence-electron chi connectivity index (χ4n) is 3.56. The molecule has 2 aliphatic heterocycles. The number of carbonyl (C=O) groups is 2. The maximum absolute atomic E-state index is 13.8. The second kappa shape index (κ2) is 8.49. The first kappa shape index (κ1) is 20.4. The van der Waals surface area contributed by atoms with Gasteiger partial charge in [-0.05, 0) is 25.1 Å². The summed E-state index contributed by atoms with van der Waals surface area (Å²) in [5.41, 5.74) is 0.193. The summed E-state index contributed by atoms with van der Waals surface area (Å²) in [4.78, 5) is 26.3. The number of likely N-dealkylation sites (tertiary alicyclic amines) is 1. The maximum Gasteiger partial charge on any atom is 0.273 e. The van der Waals surface area contributed by atoms with E-state index in [1.54, 1.807) is 6.92 Å². The Hall–Kier alpha value is -2.85. The molecule has 1 aromatic carbocycles. The molecule has 0 bridgehead atoms. The number of nitrogens with zero attached hydrogens (tertiary/aromatic N) is 2. The maximum atomic E-state index is 13.8. The predicted molar refractivity (Wildman–Crippen MR) is 98.6 cm³/mol. The summed E-state index contributed by atoms with van der Waals surface area (Å²) in [6, 6.07) is 4.21. The van der Waals surface area contributed by atoms with E-state index in [9.17, 15) is 18.4 Å². The molecule has 2 amide bonds. The molecule has 0 radical (unpaired) electrons. The highest BCUT2D eigenvalue weighted by Crippen LogP contribution is 2.22. The quantitative estimate of drug-likeness (QED) is 0.798. The van der Waals surface area contributed by atoms with Gasteiger partial charge in [0.25, 0.3) is 5.91 Å². The van der Waals surface area contributed by atoms with Crippen molar-refractivity contribution >= 4 is 11.8 Å². The van der Waals surface area contributed by atoms with E-state index in [0.717, 1.165) is 18.2 Å². The summed E-state index contributed by atoms with van der Waals surface area (Å²) >= 11 is 0. The van der Waals surface area contributed by atoms with Crippen molar-refractivity contribution in [3.05, 3.63) is 52.9 Å². The Morgan fingerprint density at radius 2 is 1.87 bits per heavy atom. The Balaban J connectivity index is 1.30. The van der Waals surface area contributed by atoms with Crippen molar-refractivity contribution < 1.29 is 32.4 Å². The van der Waals surface area contributed by atoms with Crippen molar-refractivity contribution in [1.29, 1.82) is 0 Å². The third-order valence-corrected chi connectivity index (χ3v) is 5.14. The number of hydrogen-bond donors (Lipinski definition) is 1. The van der Waals surface area contributed by atoms with Gasteiger partial charge in [0.05, 0.1) is 25.7 Å². The molecule has 2 fully saturated rings. The van der Waals surface area contributed by atoms with Crippen LogP contribution in [0, 0.1) is 18.6 Å². The monoisotopic (exact) mass is 421 g/mol. The molecule has 2 saturated heterocycles. The number of aromatic nitrogens is 1. The number of ether oxygens (including phenoxy) is 2. The number of rotatable bonds is 4. The van der Waals surface area contributed by atoms with Crippen LogP contribution in [0.15, 0.2) is 28.8 Å². The lowest BCUT2D eigenvalue weighted by Crippen LogP contribution is -2.41. The first-order valence-electron chi connectivity index (χ1n) is 9.58. The van der Waals surface area contributed by atoms with Gasteiger partial charge in [-0.1, -0.05) is 5.16 Å². The van der Waals surface area contributed by atoms with Crippen LogP contribution in [0.4, 0.5) is 8.78 Å². The summed E-state index contributed by atoms with van der Waals surface area (Å²) in [6.07, 6.45) is -0.955. The SMILES string of the molecule is Cc1cc(C(=O)NC2CO[C@H]3CN(C(=O)Cc4cc(F)ccc4F)C[C@@H]3OC2)no1. The summed E-state index contributed by atoms with van der Waals surface area (Å²) in [7, 11) is 0. The third kappa shape index (κ3) is 4.49. The van der Waals surface area contributed by atoms with Gasteiger partial charge in [0, 0.05) is 24.7 Å². The Bertz CT molecular complexity index is 934. The van der Waals surface area contributed by atoms with Crippen molar-refractivity contribution in [1.82, 2.24) is 15.4 Å². The van der Waals surface area contributed by atoms with Crippen LogP contribution >= 0.6 is 0 Å². The highest BCUT2D eigenvalue weighted by atomic mass is 19.1. The smallest absolute Gasteiger partial charge is 0.273 e. The van der Waals surface area contributed by atoms with Crippen LogP contribution in [0.2, 0.25) is 0 Å². The van der Waals surface area contributed by atoms with Crippen LogP contribution in [-0.4, -0.2) is 66.4 Å². The molecule has 0 aliphatic carbocycles. The van der Waals surface area contributed by atoms with Gasteiger partial charge in [0.15, 0.2) is 5.69 Å². The zero-order valence-corrected chi connectivity index (χ0v) is 16.3. The standard InChI is InChI=1S/C20H21F2N3O5/c1-11-4-16(24-30-11)20(27)23-14-9-28-17-7-25(8-18(17)29-10-14)19(26)6-12-5-13(21)2-3-15(12)22/h2-5,14,17-18H,6-10H2,1H3,(H,23,27)/t17-,18-/m0/s1. The van der Waals surface area contributed by atoms with Crippen molar-refractivity contribution in [2.24, 2.45) is 0 Å². The minimum absolute atomic E-state index is 0.0137. The van der Waals surface area contributed by atoms with Crippen molar-refractivity contribution in [3.63, 3.8) is 0 Å². The molecular weight excluding hydrogens is 400 g/mol. The second-order valence-corrected chi connectivity index (χ2v) is 7.45. The van der Waals surface area contributed by atoms with E-state index >= 15 is 0 Å². The van der Waals surface area contributed by atoms with Gasteiger partial charge in [-0.3, -0.25) is 9.59 Å². The van der Waals surface area contributed by atoms with Crippen LogP contribution in [0.25, 0.3) is 0 Å². The van der Waals surface area contributed by atoms with E-state index in [0.29, 0.717) is 5.76 Å². The summed E-state index contributed by atoms with van der Waals surface area (Å²) < 4.78 is 43.7. The Labute approximate surface area is 171 Å². The molecule has 0 saturated carbocycles. The molecule has 1 aromatic heterocycles. The average molecular weight is 421 g/mol. The molecule has 8 nitrogen and oxygen atoms in total. The predicted octanol–water partition coefficient (Wildman–Crippen LogP) is 1.23. The minimum Gasteiger partial charge on any atom is -0.371 e. The number of nitrogens with one attached hydrogen (secondary N) is 1. The lowest BCUT2D eigenvalue weighted by atomic mass is 10.1. The molecule has 0 spiro atoms. The fraction of sp³-hybridized carbons (Fsp3) is 0.450. The molecule has 30 heavy (non-hydrogen) atoms. The Morgan fingerprint density at radius 1 is 1.17 bits per heavy atom. The lowest BCUT2D eigenvalue weighted by molar-refractivity contribution is -0.130. The molecule has 2 aliphatic rings. The molecular formula is C20H21F2N3O5. The molecule has 2 aromatic rings. The van der Waals surface area contributed by atoms with Gasteiger partial charge in [0.2, 0.25) is 5.91 Å². The Morgan fingerprint density at radius 3 is 2.50 bits per heavy atom. The molecule has 10 heteroatoms. The molecule has 4 rings (SSSR count). The van der Waals surface area contributed by atoms with Gasteiger partial charge in [0.1, 0.15) is 29.6 Å². The van der Waals surface area contributed by atoms with E-state index in [-0.39, 0.29) is 74.0 Å². The van der Waals surface area contributed by atoms with E-state index < -0.39 is 11.6 Å². The first-order valence-corrected chi connectivity index (χ1v) is 9.58. The number of fused-ring (bicyclic) bond motifs is 1. The summed E-state index contributed by atoms with van der Waals surface area (Å²) in [6.45, 7) is 2.68. The molecule has 2 atom stereocenters. The summed E-state index contributed by atoms with van der Waals surface area (Å²) in [5, 5.41) is 6.46. The zero-order chi connectivity index (χ0) is 21.3. The number of benzene rings is 1. The van der Waals surface area contributed by atoms with Crippen LogP contribution in [0.3, 0.4) is 0 Å². The molecule has 160 valence electrons. The number of amides is 2. The van der Waals surface area contributed by atoms with Crippen molar-refractivity contribution in [2.45, 2.75) is 31.6 Å². The highest BCUT2D eigenvalue weighted by molar-refractivity contribution is 5.92. The minimum atomic E-state index is -0.619. The number of carbonyl (C=O) groups excluding carboxylic acids is 2. The molecule has 0 unspecified atom stereocenters. The van der Waals surface area contributed by atoms with Crippen molar-refractivity contribution in [2.75, 3.05) is 26.3 Å². The van der Waals surface area contributed by atoms with E-state index in [1.807, 2.05) is 0 Å². The summed E-state index contributed by atoms with van der Waals surface area (Å²) in [5.74, 6) is -1.39. The van der Waals surface area contributed by atoms with Crippen LogP contribution < -0.4 is 5.32 Å². The van der Waals surface area contributed by atoms with Crippen LogP contribution in [-0.2, 0) is 20.7 Å². The van der Waals surface area contributed by atoms with E-state index in [2.05, 4.69) is 10.5 Å². The van der Waals surface area contributed by atoms with Crippen molar-refractivity contribution in [3.8, 4) is 0 Å². The lowest BCUT2D eigenvalue weighted by Gasteiger charge is -2.19. The largest absolute Gasteiger partial charge is 0.371 e. The molecule has 3 heterocycles. The number of hydrogen-bond acceptors (Lipinski definition) is 6. The van der Waals surface area contributed by atoms with Crippen LogP contribution in [0.5, 0.6) is 0 Å². The third-order valence-electron chi connectivity index (χ3n) is 5.14. The van der Waals surface area contributed by atoms with Gasteiger partial charge >= 0.3 is 0 Å². The van der Waals surface area contributed by atoms with E-state index in [4.69, 9.17) is 14.0 Å². The first-order chi connectivity index (χ1) is 14.4. The fourth-order valence-corrected chi connectivity index (χ4v) is 3.56. The average Bonchev–Trinajstić information content (AvgIpc) is 3.29. The number of aryl methyl sites for hydroxylation is 1. The van der Waals surface area contributed by atoms with Crippen LogP contribution in [0.1, 0.15) is 21.8 Å². The highest BCUT2D eigenvalue weighted by Gasteiger charge is 2.39. The van der Waals surface area contributed by atoms with Gasteiger partial charge in [-0.2, -0.15) is 0 Å². The number of halogens is 2.